The van der Waals surface area contributed by atoms with Crippen LogP contribution < -0.4 is 0 Å². The van der Waals surface area contributed by atoms with Crippen LogP contribution in [-0.4, -0.2) is 19.5 Å². The van der Waals surface area contributed by atoms with Crippen LogP contribution in [0.25, 0.3) is 117 Å². The van der Waals surface area contributed by atoms with Gasteiger partial charge in [0.1, 0.15) is 11.2 Å². The highest BCUT2D eigenvalue weighted by atomic mass is 16.3. The summed E-state index contributed by atoms with van der Waals surface area (Å²) in [6.07, 6.45) is 0. The maximum atomic E-state index is 9.14. The van der Waals surface area contributed by atoms with Crippen molar-refractivity contribution in [1.29, 1.82) is 0 Å². The van der Waals surface area contributed by atoms with Gasteiger partial charge in [0.2, 0.25) is 0 Å². The number of aromatic nitrogens is 4. The Balaban J connectivity index is 1.12. The Morgan fingerprint density at radius 3 is 1.83 bits per heavy atom. The number of furan rings is 1. The lowest BCUT2D eigenvalue weighted by Crippen LogP contribution is -2.17. The molecule has 0 radical (unpaired) electrons. The van der Waals surface area contributed by atoms with Crippen molar-refractivity contribution in [3.63, 3.8) is 0 Å². The van der Waals surface area contributed by atoms with Gasteiger partial charge in [0.05, 0.1) is 23.5 Å². The van der Waals surface area contributed by atoms with Crippen LogP contribution >= 0.6 is 0 Å². The maximum absolute atomic E-state index is 9.14. The van der Waals surface area contributed by atoms with Crippen molar-refractivity contribution in [2.45, 2.75) is 19.3 Å². The summed E-state index contributed by atoms with van der Waals surface area (Å²) in [5, 5.41) is 3.92. The molecule has 1 aliphatic carbocycles. The number of hydrogen-bond donors (Lipinski definition) is 0. The fourth-order valence-corrected chi connectivity index (χ4v) is 10.2. The van der Waals surface area contributed by atoms with Gasteiger partial charge in [-0.2, -0.15) is 0 Å². The minimum atomic E-state index is -0.498. The van der Waals surface area contributed by atoms with Gasteiger partial charge in [0, 0.05) is 43.8 Å². The fourth-order valence-electron chi connectivity index (χ4n) is 10.2. The van der Waals surface area contributed by atoms with Crippen LogP contribution in [0.3, 0.4) is 0 Å². The summed E-state index contributed by atoms with van der Waals surface area (Å²) in [7, 11) is 0. The second-order valence-corrected chi connectivity index (χ2v) is 17.2. The van der Waals surface area contributed by atoms with E-state index in [1.54, 1.807) is 0 Å². The van der Waals surface area contributed by atoms with Gasteiger partial charge in [0.15, 0.2) is 17.5 Å². The molecule has 12 aromatic rings. The number of rotatable bonds is 6. The lowest BCUT2D eigenvalue weighted by atomic mass is 9.80. The third kappa shape index (κ3) is 5.82. The van der Waals surface area contributed by atoms with Crippen molar-refractivity contribution in [3.05, 3.63) is 217 Å². The van der Waals surface area contributed by atoms with Crippen molar-refractivity contribution in [2.24, 2.45) is 0 Å². The van der Waals surface area contributed by atoms with E-state index in [4.69, 9.17) is 26.2 Å². The van der Waals surface area contributed by atoms with Crippen LogP contribution in [0.1, 0.15) is 31.8 Å². The molecule has 3 heterocycles. The summed E-state index contributed by atoms with van der Waals surface area (Å²) < 4.78 is 53.3. The highest BCUT2D eigenvalue weighted by Crippen LogP contribution is 2.52. The summed E-state index contributed by atoms with van der Waals surface area (Å²) in [5.41, 5.74) is 13.5. The number of para-hydroxylation sites is 2. The average Bonchev–Trinajstić information content (AvgIpc) is 4.02. The van der Waals surface area contributed by atoms with Crippen LogP contribution in [0.2, 0.25) is 0 Å². The standard InChI is InChI=1S/C60H40N4O/c1-60(2)51-28-12-9-23-43(51)46-26-16-27-47(55(46)60)58-61-57(38-19-7-4-8-20-38)62-59(63-58)50-36-42(64-52-29-13-10-24-44(52)45-25-11-14-30-53(45)64)35-49-48-34-41(31-32-54(48)65-56(49)50)40-22-15-21-39(33-40)37-17-5-3-6-18-37/h3-36H,1-2H3/i4D,7D,8D,19D,20D. The molecule has 306 valence electrons. The predicted molar refractivity (Wildman–Crippen MR) is 266 cm³/mol. The quantitative estimate of drug-likeness (QED) is 0.167. The molecule has 0 amide bonds. The Labute approximate surface area is 383 Å². The highest BCUT2D eigenvalue weighted by Gasteiger charge is 2.38. The van der Waals surface area contributed by atoms with Crippen molar-refractivity contribution in [3.8, 4) is 73.2 Å². The molecule has 13 rings (SSSR count). The van der Waals surface area contributed by atoms with Gasteiger partial charge in [0.25, 0.3) is 0 Å². The molecule has 65 heavy (non-hydrogen) atoms. The number of benzene rings is 9. The maximum Gasteiger partial charge on any atom is 0.167 e. The first-order chi connectivity index (χ1) is 34.0. The normalized spacial score (nSPS) is 14.0. The monoisotopic (exact) mass is 837 g/mol. The minimum absolute atomic E-state index is 0.0463. The van der Waals surface area contributed by atoms with E-state index in [0.717, 1.165) is 82.8 Å². The molecule has 0 unspecified atom stereocenters. The SMILES string of the molecule is [2H]c1c([2H])c([2H])c(-c2nc(-c3cccc4c3C(C)(C)c3ccccc3-4)nc(-c3cc(-n4c5ccccc5c5ccccc54)cc4c3oc3ccc(-c5cccc(-c6ccccc6)c5)cc34)n2)c([2H])c1[2H]. The van der Waals surface area contributed by atoms with Crippen LogP contribution in [0.4, 0.5) is 0 Å². The molecule has 5 heteroatoms. The van der Waals surface area contributed by atoms with Gasteiger partial charge < -0.3 is 8.98 Å². The van der Waals surface area contributed by atoms with Gasteiger partial charge in [-0.25, -0.2) is 15.0 Å². The molecule has 0 atom stereocenters. The van der Waals surface area contributed by atoms with Crippen molar-refractivity contribution in [1.82, 2.24) is 19.5 Å². The molecule has 0 aliphatic heterocycles. The Morgan fingerprint density at radius 2 is 1.05 bits per heavy atom. The molecule has 3 aromatic heterocycles. The molecule has 0 bridgehead atoms. The summed E-state index contributed by atoms with van der Waals surface area (Å²) in [5.74, 6) is 0.479. The molecular weight excluding hydrogens is 793 g/mol. The zero-order valence-electron chi connectivity index (χ0n) is 40.4. The Morgan fingerprint density at radius 1 is 0.446 bits per heavy atom. The largest absolute Gasteiger partial charge is 0.455 e. The topological polar surface area (TPSA) is 56.7 Å². The summed E-state index contributed by atoms with van der Waals surface area (Å²) in [6, 6.07) is 58.3. The van der Waals surface area contributed by atoms with E-state index in [9.17, 15) is 0 Å². The molecule has 5 nitrogen and oxygen atoms in total. The van der Waals surface area contributed by atoms with E-state index < -0.39 is 35.6 Å². The highest BCUT2D eigenvalue weighted by molar-refractivity contribution is 6.13. The third-order valence-corrected chi connectivity index (χ3v) is 13.1. The second kappa shape index (κ2) is 14.3. The van der Waals surface area contributed by atoms with Crippen molar-refractivity contribution >= 4 is 43.7 Å². The summed E-state index contributed by atoms with van der Waals surface area (Å²) in [4.78, 5) is 15.5. The van der Waals surface area contributed by atoms with Gasteiger partial charge in [-0.15, -0.1) is 0 Å². The number of hydrogen-bond acceptors (Lipinski definition) is 4. The first-order valence-electron chi connectivity index (χ1n) is 24.3. The molecule has 0 saturated carbocycles. The first-order valence-corrected chi connectivity index (χ1v) is 21.8. The molecule has 9 aromatic carbocycles. The fraction of sp³-hybridized carbons (Fsp3) is 0.0500. The molecular formula is C60H40N4O. The zero-order chi connectivity index (χ0) is 47.6. The predicted octanol–water partition coefficient (Wildman–Crippen LogP) is 15.5. The van der Waals surface area contributed by atoms with Gasteiger partial charge in [-0.05, 0) is 87.0 Å². The van der Waals surface area contributed by atoms with Crippen LogP contribution in [0.15, 0.2) is 211 Å². The van der Waals surface area contributed by atoms with Crippen LogP contribution in [-0.2, 0) is 5.41 Å². The smallest absolute Gasteiger partial charge is 0.167 e. The minimum Gasteiger partial charge on any atom is -0.455 e. The Hall–Kier alpha value is -8.41. The average molecular weight is 838 g/mol. The third-order valence-electron chi connectivity index (χ3n) is 13.1. The van der Waals surface area contributed by atoms with Gasteiger partial charge in [-0.1, -0.05) is 178 Å². The molecule has 0 fully saturated rings. The first kappa shape index (κ1) is 32.3. The molecule has 0 N–H and O–H groups in total. The van der Waals surface area contributed by atoms with E-state index in [1.165, 1.54) is 5.56 Å². The van der Waals surface area contributed by atoms with Crippen molar-refractivity contribution in [2.75, 3.05) is 0 Å². The molecule has 1 aliphatic rings. The zero-order valence-corrected chi connectivity index (χ0v) is 35.4. The Bertz CT molecular complexity index is 4090. The lowest BCUT2D eigenvalue weighted by Gasteiger charge is -2.24. The van der Waals surface area contributed by atoms with Crippen molar-refractivity contribution < 1.29 is 11.3 Å². The van der Waals surface area contributed by atoms with E-state index in [1.807, 2.05) is 60.7 Å². The molecule has 0 saturated heterocycles. The van der Waals surface area contributed by atoms with E-state index >= 15 is 0 Å². The summed E-state index contributed by atoms with van der Waals surface area (Å²) in [6.45, 7) is 4.39. The van der Waals surface area contributed by atoms with Crippen LogP contribution in [0.5, 0.6) is 0 Å². The molecule has 0 spiro atoms. The van der Waals surface area contributed by atoms with E-state index in [2.05, 4.69) is 134 Å². The summed E-state index contributed by atoms with van der Waals surface area (Å²) >= 11 is 0. The number of fused-ring (bicyclic) bond motifs is 9. The van der Waals surface area contributed by atoms with Gasteiger partial charge >= 0.3 is 0 Å². The lowest BCUT2D eigenvalue weighted by molar-refractivity contribution is 0.661. The number of nitrogens with zero attached hydrogens (tertiary/aromatic N) is 4. The van der Waals surface area contributed by atoms with E-state index in [-0.39, 0.29) is 17.2 Å². The van der Waals surface area contributed by atoms with Crippen LogP contribution in [0, 0.1) is 0 Å². The van der Waals surface area contributed by atoms with E-state index in [0.29, 0.717) is 22.6 Å². The van der Waals surface area contributed by atoms with Gasteiger partial charge in [-0.3, -0.25) is 0 Å². The second-order valence-electron chi connectivity index (χ2n) is 17.2. The Kier molecular flexibility index (Phi) is 7.11.